The number of hydrogen-bond acceptors (Lipinski definition) is 3. The fraction of sp³-hybridized carbons (Fsp3) is 0.643. The van der Waals surface area contributed by atoms with Crippen LogP contribution in [0.1, 0.15) is 32.4 Å². The van der Waals surface area contributed by atoms with E-state index in [4.69, 9.17) is 11.6 Å². The molecule has 1 aliphatic carbocycles. The minimum atomic E-state index is 0.440. The molecule has 2 rings (SSSR count). The summed E-state index contributed by atoms with van der Waals surface area (Å²) >= 11 is 6.18. The van der Waals surface area contributed by atoms with Gasteiger partial charge in [0.15, 0.2) is 0 Å². The monoisotopic (exact) mass is 267 g/mol. The molecule has 0 aromatic carbocycles. The molecule has 1 N–H and O–H groups in total. The molecule has 18 heavy (non-hydrogen) atoms. The number of nitrogens with one attached hydrogen (secondary N) is 1. The van der Waals surface area contributed by atoms with E-state index in [0.717, 1.165) is 35.5 Å². The van der Waals surface area contributed by atoms with Gasteiger partial charge < -0.3 is 10.2 Å². The first-order valence-corrected chi connectivity index (χ1v) is 7.04. The van der Waals surface area contributed by atoms with Gasteiger partial charge in [-0.05, 0) is 30.9 Å². The Morgan fingerprint density at radius 3 is 2.78 bits per heavy atom. The first-order chi connectivity index (χ1) is 8.56. The van der Waals surface area contributed by atoms with Crippen LogP contribution in [0.15, 0.2) is 12.1 Å². The van der Waals surface area contributed by atoms with E-state index >= 15 is 0 Å². The second-order valence-electron chi connectivity index (χ2n) is 5.46. The lowest BCUT2D eigenvalue weighted by atomic mass is 10.3. The Balaban J connectivity index is 2.04. The van der Waals surface area contributed by atoms with E-state index in [2.05, 4.69) is 36.1 Å². The van der Waals surface area contributed by atoms with E-state index in [1.165, 1.54) is 12.8 Å². The molecule has 0 saturated heterocycles. The quantitative estimate of drug-likeness (QED) is 0.859. The molecule has 0 amide bonds. The highest BCUT2D eigenvalue weighted by Crippen LogP contribution is 2.30. The maximum absolute atomic E-state index is 6.18. The molecule has 1 aromatic rings. The van der Waals surface area contributed by atoms with E-state index in [1.54, 1.807) is 0 Å². The summed E-state index contributed by atoms with van der Waals surface area (Å²) in [5, 5.41) is 4.10. The normalized spacial score (nSPS) is 15.2. The fourth-order valence-electron chi connectivity index (χ4n) is 1.89. The molecule has 4 heteroatoms. The summed E-state index contributed by atoms with van der Waals surface area (Å²) < 4.78 is 0. The Morgan fingerprint density at radius 1 is 1.44 bits per heavy atom. The SMILES string of the molecule is CC(C)NCc1nc(N(C)CC2CC2)ccc1Cl. The number of aromatic nitrogens is 1. The van der Waals surface area contributed by atoms with Crippen molar-refractivity contribution in [2.24, 2.45) is 5.92 Å². The van der Waals surface area contributed by atoms with Crippen LogP contribution < -0.4 is 10.2 Å². The van der Waals surface area contributed by atoms with Crippen LogP contribution in [0.2, 0.25) is 5.02 Å². The zero-order chi connectivity index (χ0) is 13.1. The number of halogens is 1. The first kappa shape index (κ1) is 13.6. The van der Waals surface area contributed by atoms with Crippen molar-refractivity contribution >= 4 is 17.4 Å². The number of nitrogens with zero attached hydrogens (tertiary/aromatic N) is 2. The Hall–Kier alpha value is -0.800. The summed E-state index contributed by atoms with van der Waals surface area (Å²) in [6, 6.07) is 4.39. The highest BCUT2D eigenvalue weighted by Gasteiger charge is 2.23. The number of rotatable bonds is 6. The van der Waals surface area contributed by atoms with Crippen molar-refractivity contribution in [3.8, 4) is 0 Å². The van der Waals surface area contributed by atoms with Gasteiger partial charge in [0.05, 0.1) is 10.7 Å². The van der Waals surface area contributed by atoms with Crippen molar-refractivity contribution in [1.29, 1.82) is 0 Å². The number of hydrogen-bond donors (Lipinski definition) is 1. The average Bonchev–Trinajstić information content (AvgIpc) is 3.11. The predicted octanol–water partition coefficient (Wildman–Crippen LogP) is 3.08. The van der Waals surface area contributed by atoms with Crippen LogP contribution in [0, 0.1) is 5.92 Å². The third-order valence-corrected chi connectivity index (χ3v) is 3.55. The van der Waals surface area contributed by atoms with E-state index in [-0.39, 0.29) is 0 Å². The Morgan fingerprint density at radius 2 is 2.17 bits per heavy atom. The molecule has 0 bridgehead atoms. The molecule has 1 saturated carbocycles. The van der Waals surface area contributed by atoms with Crippen LogP contribution in [0.3, 0.4) is 0 Å². The third-order valence-electron chi connectivity index (χ3n) is 3.20. The molecule has 1 heterocycles. The molecule has 3 nitrogen and oxygen atoms in total. The van der Waals surface area contributed by atoms with Gasteiger partial charge in [-0.15, -0.1) is 0 Å². The van der Waals surface area contributed by atoms with Gasteiger partial charge in [-0.1, -0.05) is 25.4 Å². The second-order valence-corrected chi connectivity index (χ2v) is 5.86. The molecule has 1 fully saturated rings. The molecule has 1 aromatic heterocycles. The van der Waals surface area contributed by atoms with Gasteiger partial charge in [-0.25, -0.2) is 4.98 Å². The lowest BCUT2D eigenvalue weighted by Gasteiger charge is -2.19. The molecule has 0 unspecified atom stereocenters. The summed E-state index contributed by atoms with van der Waals surface area (Å²) in [4.78, 5) is 6.89. The van der Waals surface area contributed by atoms with Crippen LogP contribution in [-0.4, -0.2) is 24.6 Å². The van der Waals surface area contributed by atoms with E-state index in [9.17, 15) is 0 Å². The molecular weight excluding hydrogens is 246 g/mol. The molecule has 0 spiro atoms. The van der Waals surface area contributed by atoms with Gasteiger partial charge in [0, 0.05) is 26.2 Å². The van der Waals surface area contributed by atoms with Gasteiger partial charge in [0.1, 0.15) is 5.82 Å². The maximum atomic E-state index is 6.18. The predicted molar refractivity (Wildman–Crippen MR) is 77.2 cm³/mol. The second kappa shape index (κ2) is 5.89. The smallest absolute Gasteiger partial charge is 0.128 e. The van der Waals surface area contributed by atoms with Crippen LogP contribution in [0.4, 0.5) is 5.82 Å². The van der Waals surface area contributed by atoms with E-state index in [0.29, 0.717) is 6.04 Å². The highest BCUT2D eigenvalue weighted by molar-refractivity contribution is 6.31. The summed E-state index contributed by atoms with van der Waals surface area (Å²) in [5.74, 6) is 1.89. The lowest BCUT2D eigenvalue weighted by molar-refractivity contribution is 0.581. The standard InChI is InChI=1S/C14H22ClN3/c1-10(2)16-8-13-12(15)6-7-14(17-13)18(3)9-11-4-5-11/h6-7,10-11,16H,4-5,8-9H2,1-3H3. The minimum absolute atomic E-state index is 0.440. The Bertz CT molecular complexity index is 402. The largest absolute Gasteiger partial charge is 0.359 e. The number of anilines is 1. The zero-order valence-corrected chi connectivity index (χ0v) is 12.2. The van der Waals surface area contributed by atoms with Gasteiger partial charge in [0.2, 0.25) is 0 Å². The summed E-state index contributed by atoms with van der Waals surface area (Å²) in [5.41, 5.74) is 0.936. The van der Waals surface area contributed by atoms with Crippen molar-refractivity contribution in [1.82, 2.24) is 10.3 Å². The van der Waals surface area contributed by atoms with Crippen LogP contribution in [0.25, 0.3) is 0 Å². The van der Waals surface area contributed by atoms with Crippen molar-refractivity contribution in [3.05, 3.63) is 22.8 Å². The average molecular weight is 268 g/mol. The molecular formula is C14H22ClN3. The minimum Gasteiger partial charge on any atom is -0.359 e. The van der Waals surface area contributed by atoms with Gasteiger partial charge >= 0.3 is 0 Å². The fourth-order valence-corrected chi connectivity index (χ4v) is 2.06. The van der Waals surface area contributed by atoms with Crippen molar-refractivity contribution in [3.63, 3.8) is 0 Å². The molecule has 0 aliphatic heterocycles. The van der Waals surface area contributed by atoms with Gasteiger partial charge in [-0.3, -0.25) is 0 Å². The van der Waals surface area contributed by atoms with Crippen molar-refractivity contribution < 1.29 is 0 Å². The van der Waals surface area contributed by atoms with Crippen molar-refractivity contribution in [2.45, 2.75) is 39.3 Å². The Kier molecular flexibility index (Phi) is 4.46. The molecule has 100 valence electrons. The summed E-state index contributed by atoms with van der Waals surface area (Å²) in [6.45, 7) is 6.07. The van der Waals surface area contributed by atoms with Gasteiger partial charge in [0.25, 0.3) is 0 Å². The van der Waals surface area contributed by atoms with Crippen LogP contribution in [0.5, 0.6) is 0 Å². The third kappa shape index (κ3) is 3.85. The lowest BCUT2D eigenvalue weighted by Crippen LogP contribution is -2.24. The molecule has 1 aliphatic rings. The van der Waals surface area contributed by atoms with Crippen LogP contribution >= 0.6 is 11.6 Å². The number of pyridine rings is 1. The maximum Gasteiger partial charge on any atom is 0.128 e. The zero-order valence-electron chi connectivity index (χ0n) is 11.4. The van der Waals surface area contributed by atoms with Gasteiger partial charge in [-0.2, -0.15) is 0 Å². The molecule has 0 radical (unpaired) electrons. The topological polar surface area (TPSA) is 28.2 Å². The summed E-state index contributed by atoms with van der Waals surface area (Å²) in [6.07, 6.45) is 2.72. The van der Waals surface area contributed by atoms with Crippen LogP contribution in [-0.2, 0) is 6.54 Å². The molecule has 0 atom stereocenters. The highest BCUT2D eigenvalue weighted by atomic mass is 35.5. The Labute approximate surface area is 115 Å². The van der Waals surface area contributed by atoms with Crippen molar-refractivity contribution in [2.75, 3.05) is 18.5 Å². The van der Waals surface area contributed by atoms with E-state index in [1.807, 2.05) is 12.1 Å². The summed E-state index contributed by atoms with van der Waals surface area (Å²) in [7, 11) is 2.11. The van der Waals surface area contributed by atoms with E-state index < -0.39 is 0 Å². The first-order valence-electron chi connectivity index (χ1n) is 6.66.